The van der Waals surface area contributed by atoms with Crippen LogP contribution in [0.4, 0.5) is 0 Å². The highest BCUT2D eigenvalue weighted by Crippen LogP contribution is 2.13. The third kappa shape index (κ3) is 2.84. The maximum atomic E-state index is 12.4. The summed E-state index contributed by atoms with van der Waals surface area (Å²) in [5.41, 5.74) is 4.50. The molecular formula is C15H23N5O. The highest BCUT2D eigenvalue weighted by atomic mass is 16.1. The molecule has 0 atom stereocenters. The van der Waals surface area contributed by atoms with Gasteiger partial charge in [0.25, 0.3) is 5.91 Å². The largest absolute Gasteiger partial charge is 0.348 e. The summed E-state index contributed by atoms with van der Waals surface area (Å²) >= 11 is 0. The van der Waals surface area contributed by atoms with Gasteiger partial charge in [-0.1, -0.05) is 0 Å². The molecule has 0 radical (unpaired) electrons. The molecular weight excluding hydrogens is 266 g/mol. The molecule has 0 bridgehead atoms. The molecule has 0 saturated heterocycles. The average molecular weight is 289 g/mol. The van der Waals surface area contributed by atoms with E-state index in [0.717, 1.165) is 35.7 Å². The first kappa shape index (κ1) is 15.3. The molecule has 1 N–H and O–H groups in total. The molecule has 0 saturated carbocycles. The van der Waals surface area contributed by atoms with Crippen LogP contribution < -0.4 is 5.32 Å². The van der Waals surface area contributed by atoms with Crippen molar-refractivity contribution in [3.8, 4) is 0 Å². The first-order chi connectivity index (χ1) is 9.99. The minimum atomic E-state index is -0.0756. The summed E-state index contributed by atoms with van der Waals surface area (Å²) in [5.74, 6) is -0.0756. The second kappa shape index (κ2) is 6.11. The number of carbonyl (C=O) groups excluding carboxylic acids is 1. The third-order valence-electron chi connectivity index (χ3n) is 3.85. The summed E-state index contributed by atoms with van der Waals surface area (Å²) < 4.78 is 3.78. The van der Waals surface area contributed by atoms with E-state index < -0.39 is 0 Å². The van der Waals surface area contributed by atoms with Crippen LogP contribution in [-0.4, -0.2) is 25.5 Å². The zero-order valence-corrected chi connectivity index (χ0v) is 13.4. The van der Waals surface area contributed by atoms with Crippen LogP contribution in [0.5, 0.6) is 0 Å². The number of aryl methyl sites for hydroxylation is 3. The summed E-state index contributed by atoms with van der Waals surface area (Å²) in [6.07, 6.45) is 1.81. The Balaban J connectivity index is 2.12. The monoisotopic (exact) mass is 289 g/mol. The van der Waals surface area contributed by atoms with E-state index in [1.54, 1.807) is 0 Å². The van der Waals surface area contributed by atoms with Crippen molar-refractivity contribution in [2.45, 2.75) is 54.3 Å². The van der Waals surface area contributed by atoms with Gasteiger partial charge in [0.1, 0.15) is 0 Å². The molecule has 2 rings (SSSR count). The predicted octanol–water partition coefficient (Wildman–Crippen LogP) is 1.97. The van der Waals surface area contributed by atoms with Crippen LogP contribution >= 0.6 is 0 Å². The van der Waals surface area contributed by atoms with E-state index in [1.807, 2.05) is 50.2 Å². The van der Waals surface area contributed by atoms with Gasteiger partial charge in [-0.05, 0) is 34.6 Å². The minimum Gasteiger partial charge on any atom is -0.348 e. The molecule has 1 amide bonds. The number of carbonyl (C=O) groups is 1. The quantitative estimate of drug-likeness (QED) is 0.915. The molecule has 21 heavy (non-hydrogen) atoms. The maximum absolute atomic E-state index is 12.4. The van der Waals surface area contributed by atoms with Gasteiger partial charge in [-0.2, -0.15) is 10.2 Å². The first-order valence-electron chi connectivity index (χ1n) is 7.33. The van der Waals surface area contributed by atoms with Crippen molar-refractivity contribution in [2.24, 2.45) is 0 Å². The Hall–Kier alpha value is -2.11. The van der Waals surface area contributed by atoms with Crippen molar-refractivity contribution in [2.75, 3.05) is 0 Å². The molecule has 0 unspecified atom stereocenters. The standard InChI is InChI=1S/C15H23N5O/c1-6-19-11(4)13(9-17-19)8-16-15(21)14-10(3)18-20(7-2)12(14)5/h9H,6-8H2,1-5H3,(H,16,21). The average Bonchev–Trinajstić information content (AvgIpc) is 2.96. The van der Waals surface area contributed by atoms with Crippen LogP contribution in [0, 0.1) is 20.8 Å². The lowest BCUT2D eigenvalue weighted by molar-refractivity contribution is 0.0949. The molecule has 0 spiro atoms. The number of aromatic nitrogens is 4. The van der Waals surface area contributed by atoms with Crippen molar-refractivity contribution in [1.82, 2.24) is 24.9 Å². The Labute approximate surface area is 125 Å². The van der Waals surface area contributed by atoms with E-state index in [0.29, 0.717) is 12.1 Å². The molecule has 6 heteroatoms. The summed E-state index contributed by atoms with van der Waals surface area (Å²) in [6, 6.07) is 0. The molecule has 0 aromatic carbocycles. The SMILES string of the molecule is CCn1ncc(CNC(=O)c2c(C)nn(CC)c2C)c1C. The van der Waals surface area contributed by atoms with E-state index in [1.165, 1.54) is 0 Å². The molecule has 0 aliphatic heterocycles. The van der Waals surface area contributed by atoms with Gasteiger partial charge in [0.05, 0.1) is 17.5 Å². The Morgan fingerprint density at radius 2 is 1.81 bits per heavy atom. The van der Waals surface area contributed by atoms with Gasteiger partial charge in [0.15, 0.2) is 0 Å². The zero-order chi connectivity index (χ0) is 15.6. The fraction of sp³-hybridized carbons (Fsp3) is 0.533. The number of amides is 1. The lowest BCUT2D eigenvalue weighted by Crippen LogP contribution is -2.24. The predicted molar refractivity (Wildman–Crippen MR) is 81.2 cm³/mol. The highest BCUT2D eigenvalue weighted by Gasteiger charge is 2.18. The number of hydrogen-bond donors (Lipinski definition) is 1. The van der Waals surface area contributed by atoms with Gasteiger partial charge < -0.3 is 5.32 Å². The Morgan fingerprint density at radius 1 is 1.14 bits per heavy atom. The molecule has 2 aromatic rings. The van der Waals surface area contributed by atoms with E-state index in [9.17, 15) is 4.79 Å². The fourth-order valence-corrected chi connectivity index (χ4v) is 2.57. The van der Waals surface area contributed by atoms with Crippen molar-refractivity contribution in [1.29, 1.82) is 0 Å². The van der Waals surface area contributed by atoms with Gasteiger partial charge in [-0.3, -0.25) is 14.2 Å². The van der Waals surface area contributed by atoms with Crippen molar-refractivity contribution < 1.29 is 4.79 Å². The fourth-order valence-electron chi connectivity index (χ4n) is 2.57. The van der Waals surface area contributed by atoms with Crippen LogP contribution in [0.2, 0.25) is 0 Å². The molecule has 6 nitrogen and oxygen atoms in total. The topological polar surface area (TPSA) is 64.7 Å². The van der Waals surface area contributed by atoms with Crippen LogP contribution in [0.15, 0.2) is 6.20 Å². The number of nitrogens with zero attached hydrogens (tertiary/aromatic N) is 4. The summed E-state index contributed by atoms with van der Waals surface area (Å²) in [7, 11) is 0. The van der Waals surface area contributed by atoms with Gasteiger partial charge in [-0.15, -0.1) is 0 Å². The molecule has 114 valence electrons. The Morgan fingerprint density at radius 3 is 2.33 bits per heavy atom. The first-order valence-corrected chi connectivity index (χ1v) is 7.33. The number of nitrogens with one attached hydrogen (secondary N) is 1. The van der Waals surface area contributed by atoms with Crippen molar-refractivity contribution in [3.05, 3.63) is 34.4 Å². The summed E-state index contributed by atoms with van der Waals surface area (Å²) in [5, 5.41) is 11.6. The van der Waals surface area contributed by atoms with Gasteiger partial charge in [0.2, 0.25) is 0 Å². The van der Waals surface area contributed by atoms with Gasteiger partial charge >= 0.3 is 0 Å². The van der Waals surface area contributed by atoms with Crippen LogP contribution in [0.1, 0.15) is 46.9 Å². The number of hydrogen-bond acceptors (Lipinski definition) is 3. The molecule has 2 heterocycles. The smallest absolute Gasteiger partial charge is 0.255 e. The van der Waals surface area contributed by atoms with Crippen molar-refractivity contribution >= 4 is 5.91 Å². The normalized spacial score (nSPS) is 10.9. The Bertz CT molecular complexity index is 653. The van der Waals surface area contributed by atoms with E-state index in [-0.39, 0.29) is 5.91 Å². The van der Waals surface area contributed by atoms with Crippen LogP contribution in [-0.2, 0) is 19.6 Å². The van der Waals surface area contributed by atoms with Gasteiger partial charge in [0, 0.05) is 36.6 Å². The molecule has 0 aliphatic carbocycles. The molecule has 0 fully saturated rings. The number of rotatable bonds is 5. The maximum Gasteiger partial charge on any atom is 0.255 e. The third-order valence-corrected chi connectivity index (χ3v) is 3.85. The highest BCUT2D eigenvalue weighted by molar-refractivity contribution is 5.96. The lowest BCUT2D eigenvalue weighted by Gasteiger charge is -2.06. The van der Waals surface area contributed by atoms with Crippen LogP contribution in [0.3, 0.4) is 0 Å². The van der Waals surface area contributed by atoms with E-state index >= 15 is 0 Å². The zero-order valence-electron chi connectivity index (χ0n) is 13.4. The van der Waals surface area contributed by atoms with Gasteiger partial charge in [-0.25, -0.2) is 0 Å². The summed E-state index contributed by atoms with van der Waals surface area (Å²) in [6.45, 7) is 12.0. The Kier molecular flexibility index (Phi) is 4.45. The van der Waals surface area contributed by atoms with E-state index in [2.05, 4.69) is 15.5 Å². The second-order valence-corrected chi connectivity index (χ2v) is 5.12. The van der Waals surface area contributed by atoms with Crippen LogP contribution in [0.25, 0.3) is 0 Å². The van der Waals surface area contributed by atoms with Crippen molar-refractivity contribution in [3.63, 3.8) is 0 Å². The lowest BCUT2D eigenvalue weighted by atomic mass is 10.1. The minimum absolute atomic E-state index is 0.0756. The second-order valence-electron chi connectivity index (χ2n) is 5.12. The van der Waals surface area contributed by atoms with E-state index in [4.69, 9.17) is 0 Å². The molecule has 2 aromatic heterocycles. The summed E-state index contributed by atoms with van der Waals surface area (Å²) in [4.78, 5) is 12.4. The molecule has 0 aliphatic rings.